The number of sulfone groups is 1. The number of Topliss-reactive ketones (excluding diaryl/α,β-unsaturated/α-hetero) is 1. The largest absolute Gasteiger partial charge is 0.434 e. The second kappa shape index (κ2) is 9.66. The molecule has 1 aliphatic heterocycles. The van der Waals surface area contributed by atoms with Gasteiger partial charge in [-0.25, -0.2) is 17.8 Å². The summed E-state index contributed by atoms with van der Waals surface area (Å²) in [6.07, 6.45) is -5.60. The zero-order valence-corrected chi connectivity index (χ0v) is 20.2. The summed E-state index contributed by atoms with van der Waals surface area (Å²) in [7, 11) is -3.93. The lowest BCUT2D eigenvalue weighted by Gasteiger charge is -2.35. The first-order chi connectivity index (χ1) is 17.2. The Labute approximate surface area is 208 Å². The number of hydrogen-bond acceptors (Lipinski definition) is 6. The molecule has 0 radical (unpaired) electrons. The Kier molecular flexibility index (Phi) is 7.04. The first kappa shape index (κ1) is 27.0. The minimum atomic E-state index is -4.87. The molecule has 1 aromatic heterocycles. The minimum Gasteiger partial charge on any atom is -0.299 e. The van der Waals surface area contributed by atoms with Crippen molar-refractivity contribution in [3.05, 3.63) is 59.7 Å². The van der Waals surface area contributed by atoms with Gasteiger partial charge in [-0.2, -0.15) is 22.0 Å². The number of ketones is 1. The van der Waals surface area contributed by atoms with E-state index < -0.39 is 74.4 Å². The molecule has 1 aliphatic carbocycles. The lowest BCUT2D eigenvalue weighted by Crippen LogP contribution is -2.43. The number of aromatic nitrogens is 1. The normalized spacial score (nSPS) is 22.3. The van der Waals surface area contributed by atoms with Crippen molar-refractivity contribution >= 4 is 27.0 Å². The molecule has 1 aromatic carbocycles. The molecule has 4 rings (SSSR count). The van der Waals surface area contributed by atoms with E-state index in [1.807, 2.05) is 0 Å². The summed E-state index contributed by atoms with van der Waals surface area (Å²) < 4.78 is 106. The summed E-state index contributed by atoms with van der Waals surface area (Å²) in [6.45, 7) is 0.634. The Hall–Kier alpha value is -3.09. The molecule has 2 aliphatic rings. The average molecular weight is 546 g/mol. The van der Waals surface area contributed by atoms with Crippen molar-refractivity contribution in [2.24, 2.45) is 15.9 Å². The van der Waals surface area contributed by atoms with E-state index in [2.05, 4.69) is 15.0 Å². The molecule has 6 nitrogen and oxygen atoms in total. The monoisotopic (exact) mass is 545 g/mol. The van der Waals surface area contributed by atoms with Gasteiger partial charge in [0.15, 0.2) is 21.7 Å². The molecule has 2 aromatic rings. The van der Waals surface area contributed by atoms with E-state index in [0.717, 1.165) is 36.5 Å². The number of carbonyl (C=O) groups is 1. The lowest BCUT2D eigenvalue weighted by molar-refractivity contribution is -0.124. The van der Waals surface area contributed by atoms with E-state index >= 15 is 0 Å². The van der Waals surface area contributed by atoms with Crippen molar-refractivity contribution in [1.29, 1.82) is 0 Å². The molecule has 198 valence electrons. The van der Waals surface area contributed by atoms with Crippen LogP contribution in [0, 0.1) is 11.7 Å². The molecule has 0 saturated heterocycles. The molecule has 0 amide bonds. The maximum Gasteiger partial charge on any atom is 0.434 e. The van der Waals surface area contributed by atoms with E-state index in [9.17, 15) is 39.6 Å². The highest BCUT2D eigenvalue weighted by Gasteiger charge is 2.46. The highest BCUT2D eigenvalue weighted by molar-refractivity contribution is 7.92. The van der Waals surface area contributed by atoms with Gasteiger partial charge in [0.2, 0.25) is 0 Å². The number of halogens is 6. The fourth-order valence-corrected chi connectivity index (χ4v) is 6.29. The van der Waals surface area contributed by atoms with Gasteiger partial charge in [-0.05, 0) is 49.6 Å². The fourth-order valence-electron chi connectivity index (χ4n) is 4.26. The summed E-state index contributed by atoms with van der Waals surface area (Å²) in [5.74, 6) is -5.27. The zero-order valence-electron chi connectivity index (χ0n) is 19.3. The van der Waals surface area contributed by atoms with E-state index in [1.165, 1.54) is 6.07 Å². The van der Waals surface area contributed by atoms with Gasteiger partial charge < -0.3 is 0 Å². The second-order valence-corrected chi connectivity index (χ2v) is 11.1. The van der Waals surface area contributed by atoms with Crippen LogP contribution in [0.15, 0.2) is 57.5 Å². The van der Waals surface area contributed by atoms with Crippen molar-refractivity contribution in [2.45, 2.75) is 61.0 Å². The highest BCUT2D eigenvalue weighted by Crippen LogP contribution is 2.39. The van der Waals surface area contributed by atoms with Gasteiger partial charge in [-0.15, -0.1) is 0 Å². The van der Waals surface area contributed by atoms with Crippen LogP contribution in [0.2, 0.25) is 0 Å². The SMILES string of the molecule is CC(F)(F)c1ccc(C2N=C(CCC(=O)[C@@H]3CC[C@@H]3S(=O)(=O)c3ccc(F)cc3)C(C(F)(F)F)=N2)cn1. The number of pyridine rings is 1. The van der Waals surface area contributed by atoms with Crippen LogP contribution < -0.4 is 0 Å². The summed E-state index contributed by atoms with van der Waals surface area (Å²) in [4.78, 5) is 23.8. The van der Waals surface area contributed by atoms with Gasteiger partial charge in [0.1, 0.15) is 17.3 Å². The standard InChI is InChI=1S/C24H21F6N3O3S/c1-23(26,27)20-11-2-13(12-31-20)22-32-17(21(33-22)24(28,29)30)8-9-18(34)16-7-10-19(16)37(35,36)15-5-3-14(25)4-6-15/h2-6,11-12,16,19,22H,7-10H2,1H3/t16-,19-,22?/m0/s1. The van der Waals surface area contributed by atoms with Crippen molar-refractivity contribution in [2.75, 3.05) is 0 Å². The van der Waals surface area contributed by atoms with Gasteiger partial charge in [0.25, 0.3) is 5.92 Å². The van der Waals surface area contributed by atoms with Crippen LogP contribution >= 0.6 is 0 Å². The summed E-state index contributed by atoms with van der Waals surface area (Å²) in [6, 6.07) is 6.34. The minimum absolute atomic E-state index is 0.0699. The molecule has 1 unspecified atom stereocenters. The molecule has 3 atom stereocenters. The van der Waals surface area contributed by atoms with Gasteiger partial charge in [0, 0.05) is 31.0 Å². The van der Waals surface area contributed by atoms with Crippen LogP contribution in [0.1, 0.15) is 50.0 Å². The highest BCUT2D eigenvalue weighted by atomic mass is 32.2. The Morgan fingerprint density at radius 1 is 1.00 bits per heavy atom. The van der Waals surface area contributed by atoms with Crippen LogP contribution in [0.3, 0.4) is 0 Å². The van der Waals surface area contributed by atoms with E-state index in [4.69, 9.17) is 0 Å². The van der Waals surface area contributed by atoms with E-state index in [1.54, 1.807) is 0 Å². The summed E-state index contributed by atoms with van der Waals surface area (Å²) in [5.41, 5.74) is -2.25. The summed E-state index contributed by atoms with van der Waals surface area (Å²) in [5, 5.41) is -1.04. The third-order valence-electron chi connectivity index (χ3n) is 6.38. The summed E-state index contributed by atoms with van der Waals surface area (Å²) >= 11 is 0. The van der Waals surface area contributed by atoms with Crippen molar-refractivity contribution < 1.29 is 39.6 Å². The van der Waals surface area contributed by atoms with Crippen LogP contribution in [0.5, 0.6) is 0 Å². The smallest absolute Gasteiger partial charge is 0.299 e. The molecule has 0 bridgehead atoms. The number of aliphatic imine (C=N–C) groups is 2. The van der Waals surface area contributed by atoms with Crippen LogP contribution in [-0.4, -0.2) is 42.0 Å². The number of carbonyl (C=O) groups excluding carboxylic acids is 1. The third-order valence-corrected chi connectivity index (χ3v) is 8.67. The number of hydrogen-bond donors (Lipinski definition) is 0. The predicted molar refractivity (Wildman–Crippen MR) is 122 cm³/mol. The Morgan fingerprint density at radius 2 is 1.68 bits per heavy atom. The predicted octanol–water partition coefficient (Wildman–Crippen LogP) is 5.39. The van der Waals surface area contributed by atoms with Gasteiger partial charge in [-0.3, -0.25) is 14.8 Å². The molecule has 2 heterocycles. The quantitative estimate of drug-likeness (QED) is 0.329. The van der Waals surface area contributed by atoms with E-state index in [0.29, 0.717) is 6.92 Å². The van der Waals surface area contributed by atoms with E-state index in [-0.39, 0.29) is 29.7 Å². The first-order valence-corrected chi connectivity index (χ1v) is 12.8. The molecular weight excluding hydrogens is 524 g/mol. The molecule has 13 heteroatoms. The molecule has 1 saturated carbocycles. The number of benzene rings is 1. The molecule has 0 N–H and O–H groups in total. The second-order valence-electron chi connectivity index (χ2n) is 8.98. The lowest BCUT2D eigenvalue weighted by atomic mass is 9.80. The van der Waals surface area contributed by atoms with Crippen molar-refractivity contribution in [1.82, 2.24) is 4.98 Å². The molecule has 0 spiro atoms. The van der Waals surface area contributed by atoms with Crippen LogP contribution in [0.25, 0.3) is 0 Å². The van der Waals surface area contributed by atoms with Crippen LogP contribution in [-0.2, 0) is 20.6 Å². The van der Waals surface area contributed by atoms with Crippen molar-refractivity contribution in [3.8, 4) is 0 Å². The Bertz CT molecular complexity index is 1350. The molecule has 37 heavy (non-hydrogen) atoms. The maximum atomic E-state index is 13.6. The van der Waals surface area contributed by atoms with Gasteiger partial charge in [0.05, 0.1) is 15.9 Å². The van der Waals surface area contributed by atoms with Crippen LogP contribution in [0.4, 0.5) is 26.3 Å². The maximum absolute atomic E-state index is 13.6. The number of nitrogens with zero attached hydrogens (tertiary/aromatic N) is 3. The Balaban J connectivity index is 1.47. The number of alkyl halides is 5. The molecular formula is C24H21F6N3O3S. The van der Waals surface area contributed by atoms with Gasteiger partial charge in [-0.1, -0.05) is 6.07 Å². The fraction of sp³-hybridized carbons (Fsp3) is 0.417. The first-order valence-electron chi connectivity index (χ1n) is 11.3. The topological polar surface area (TPSA) is 88.8 Å². The van der Waals surface area contributed by atoms with Crippen molar-refractivity contribution in [3.63, 3.8) is 0 Å². The average Bonchev–Trinajstić information content (AvgIpc) is 3.21. The number of rotatable bonds is 8. The Morgan fingerprint density at radius 3 is 2.19 bits per heavy atom. The molecule has 1 fully saturated rings. The van der Waals surface area contributed by atoms with Gasteiger partial charge >= 0.3 is 6.18 Å². The third kappa shape index (κ3) is 5.60. The zero-order chi connectivity index (χ0) is 27.2.